The molecule has 0 radical (unpaired) electrons. The number of benzene rings is 1. The topological polar surface area (TPSA) is 58.4 Å². The Labute approximate surface area is 130 Å². The standard InChI is InChI=1S/C17H21N3O2/c1-18-15-10-22-19-16(15)13-6-4-12-9-14(17(21)20(2)3)7-5-11(12)8-13/h5,7,9-10,13,18H,4,6,8H2,1-3H3. The monoisotopic (exact) mass is 299 g/mol. The Kier molecular flexibility index (Phi) is 3.88. The second-order valence-electron chi connectivity index (χ2n) is 5.99. The van der Waals surface area contributed by atoms with Gasteiger partial charge in [0.05, 0.1) is 5.69 Å². The van der Waals surface area contributed by atoms with Crippen LogP contribution in [0.5, 0.6) is 0 Å². The van der Waals surface area contributed by atoms with E-state index >= 15 is 0 Å². The van der Waals surface area contributed by atoms with Crippen LogP contribution < -0.4 is 5.32 Å². The van der Waals surface area contributed by atoms with E-state index in [1.54, 1.807) is 25.3 Å². The molecule has 116 valence electrons. The Morgan fingerprint density at radius 2 is 2.18 bits per heavy atom. The normalized spacial score (nSPS) is 17.0. The molecule has 1 aliphatic rings. The summed E-state index contributed by atoms with van der Waals surface area (Å²) in [6.45, 7) is 0. The molecule has 0 fully saturated rings. The molecule has 0 bridgehead atoms. The van der Waals surface area contributed by atoms with Gasteiger partial charge in [0.1, 0.15) is 12.0 Å². The van der Waals surface area contributed by atoms with E-state index in [2.05, 4.69) is 16.5 Å². The smallest absolute Gasteiger partial charge is 0.253 e. The lowest BCUT2D eigenvalue weighted by Gasteiger charge is -2.24. The van der Waals surface area contributed by atoms with Gasteiger partial charge in [-0.25, -0.2) is 0 Å². The van der Waals surface area contributed by atoms with Crippen molar-refractivity contribution >= 4 is 11.6 Å². The molecule has 1 unspecified atom stereocenters. The number of carbonyl (C=O) groups excluding carboxylic acids is 1. The zero-order valence-corrected chi connectivity index (χ0v) is 13.2. The van der Waals surface area contributed by atoms with Crippen LogP contribution in [0.25, 0.3) is 0 Å². The number of nitrogens with zero attached hydrogens (tertiary/aromatic N) is 2. The van der Waals surface area contributed by atoms with Gasteiger partial charge >= 0.3 is 0 Å². The Morgan fingerprint density at radius 3 is 2.91 bits per heavy atom. The molecule has 2 aromatic rings. The molecule has 1 heterocycles. The highest BCUT2D eigenvalue weighted by molar-refractivity contribution is 5.94. The number of anilines is 1. The maximum Gasteiger partial charge on any atom is 0.253 e. The third-order valence-corrected chi connectivity index (χ3v) is 4.34. The molecular weight excluding hydrogens is 278 g/mol. The lowest BCUT2D eigenvalue weighted by atomic mass is 9.81. The van der Waals surface area contributed by atoms with Crippen molar-refractivity contribution in [1.82, 2.24) is 10.1 Å². The molecule has 1 aromatic carbocycles. The highest BCUT2D eigenvalue weighted by atomic mass is 16.5. The van der Waals surface area contributed by atoms with E-state index in [1.165, 1.54) is 11.1 Å². The van der Waals surface area contributed by atoms with Gasteiger partial charge in [-0.1, -0.05) is 11.2 Å². The van der Waals surface area contributed by atoms with E-state index < -0.39 is 0 Å². The average Bonchev–Trinajstić information content (AvgIpc) is 3.01. The van der Waals surface area contributed by atoms with E-state index in [4.69, 9.17) is 4.52 Å². The van der Waals surface area contributed by atoms with Crippen molar-refractivity contribution in [2.24, 2.45) is 0 Å². The summed E-state index contributed by atoms with van der Waals surface area (Å²) in [6, 6.07) is 6.04. The van der Waals surface area contributed by atoms with Crippen LogP contribution in [-0.2, 0) is 12.8 Å². The van der Waals surface area contributed by atoms with E-state index in [1.807, 2.05) is 19.2 Å². The van der Waals surface area contributed by atoms with Gasteiger partial charge in [0, 0.05) is 32.6 Å². The average molecular weight is 299 g/mol. The summed E-state index contributed by atoms with van der Waals surface area (Å²) in [4.78, 5) is 13.7. The molecule has 0 saturated carbocycles. The van der Waals surface area contributed by atoms with Gasteiger partial charge in [-0.15, -0.1) is 0 Å². The molecular formula is C17H21N3O2. The Hall–Kier alpha value is -2.30. The molecule has 1 N–H and O–H groups in total. The van der Waals surface area contributed by atoms with E-state index in [0.717, 1.165) is 36.2 Å². The van der Waals surface area contributed by atoms with Crippen LogP contribution in [0.4, 0.5) is 5.69 Å². The number of fused-ring (bicyclic) bond motifs is 1. The van der Waals surface area contributed by atoms with Crippen LogP contribution in [0.15, 0.2) is 29.0 Å². The molecule has 1 amide bonds. The van der Waals surface area contributed by atoms with Crippen molar-refractivity contribution in [3.05, 3.63) is 46.8 Å². The third kappa shape index (κ3) is 2.58. The van der Waals surface area contributed by atoms with Gasteiger partial charge in [-0.05, 0) is 42.5 Å². The van der Waals surface area contributed by atoms with E-state index in [-0.39, 0.29) is 5.91 Å². The van der Waals surface area contributed by atoms with Crippen LogP contribution >= 0.6 is 0 Å². The maximum atomic E-state index is 12.1. The first-order chi connectivity index (χ1) is 10.6. The molecule has 3 rings (SSSR count). The summed E-state index contributed by atoms with van der Waals surface area (Å²) in [5.74, 6) is 0.419. The van der Waals surface area contributed by atoms with Gasteiger partial charge in [-0.3, -0.25) is 4.79 Å². The van der Waals surface area contributed by atoms with Gasteiger partial charge < -0.3 is 14.7 Å². The van der Waals surface area contributed by atoms with Crippen molar-refractivity contribution in [3.63, 3.8) is 0 Å². The zero-order chi connectivity index (χ0) is 15.7. The second kappa shape index (κ2) is 5.83. The maximum absolute atomic E-state index is 12.1. The number of aryl methyl sites for hydroxylation is 1. The fraction of sp³-hybridized carbons (Fsp3) is 0.412. The van der Waals surface area contributed by atoms with Gasteiger partial charge in [0.15, 0.2) is 0 Å². The molecule has 0 saturated heterocycles. The summed E-state index contributed by atoms with van der Waals surface area (Å²) in [5, 5.41) is 7.28. The quantitative estimate of drug-likeness (QED) is 0.946. The third-order valence-electron chi connectivity index (χ3n) is 4.34. The van der Waals surface area contributed by atoms with Crippen molar-refractivity contribution < 1.29 is 9.32 Å². The van der Waals surface area contributed by atoms with Gasteiger partial charge in [-0.2, -0.15) is 0 Å². The summed E-state index contributed by atoms with van der Waals surface area (Å²) >= 11 is 0. The largest absolute Gasteiger partial charge is 0.384 e. The molecule has 1 aromatic heterocycles. The van der Waals surface area contributed by atoms with E-state index in [0.29, 0.717) is 5.92 Å². The summed E-state index contributed by atoms with van der Waals surface area (Å²) in [6.07, 6.45) is 4.58. The van der Waals surface area contributed by atoms with E-state index in [9.17, 15) is 4.79 Å². The number of rotatable bonds is 3. The number of aromatic nitrogens is 1. The molecule has 1 aliphatic carbocycles. The lowest BCUT2D eigenvalue weighted by molar-refractivity contribution is 0.0827. The highest BCUT2D eigenvalue weighted by Crippen LogP contribution is 2.35. The van der Waals surface area contributed by atoms with Gasteiger partial charge in [0.2, 0.25) is 0 Å². The Balaban J connectivity index is 1.84. The number of hydrogen-bond acceptors (Lipinski definition) is 4. The second-order valence-corrected chi connectivity index (χ2v) is 5.99. The summed E-state index contributed by atoms with van der Waals surface area (Å²) in [5.41, 5.74) is 5.31. The van der Waals surface area contributed by atoms with Crippen LogP contribution in [0.1, 0.15) is 39.5 Å². The number of amides is 1. The SMILES string of the molecule is CNc1conc1C1CCc2cc(C(=O)N(C)C)ccc2C1. The van der Waals surface area contributed by atoms with Crippen LogP contribution in [0.2, 0.25) is 0 Å². The predicted octanol–water partition coefficient (Wildman–Crippen LogP) is 2.69. The summed E-state index contributed by atoms with van der Waals surface area (Å²) < 4.78 is 5.09. The minimum Gasteiger partial charge on any atom is -0.384 e. The molecule has 5 nitrogen and oxygen atoms in total. The van der Waals surface area contributed by atoms with Gasteiger partial charge in [0.25, 0.3) is 5.91 Å². The van der Waals surface area contributed by atoms with Crippen molar-refractivity contribution in [3.8, 4) is 0 Å². The Morgan fingerprint density at radius 1 is 1.36 bits per heavy atom. The molecule has 0 aliphatic heterocycles. The molecule has 1 atom stereocenters. The van der Waals surface area contributed by atoms with Crippen molar-refractivity contribution in [2.45, 2.75) is 25.2 Å². The highest BCUT2D eigenvalue weighted by Gasteiger charge is 2.25. The Bertz CT molecular complexity index is 691. The van der Waals surface area contributed by atoms with Crippen molar-refractivity contribution in [1.29, 1.82) is 0 Å². The first kappa shape index (κ1) is 14.6. The molecule has 22 heavy (non-hydrogen) atoms. The molecule has 0 spiro atoms. The van der Waals surface area contributed by atoms with Crippen LogP contribution in [-0.4, -0.2) is 37.1 Å². The number of carbonyl (C=O) groups is 1. The number of nitrogens with one attached hydrogen (secondary N) is 1. The number of hydrogen-bond donors (Lipinski definition) is 1. The fourth-order valence-electron chi connectivity index (χ4n) is 3.11. The minimum absolute atomic E-state index is 0.0545. The van der Waals surface area contributed by atoms with Crippen LogP contribution in [0.3, 0.4) is 0 Å². The lowest BCUT2D eigenvalue weighted by Crippen LogP contribution is -2.22. The fourth-order valence-corrected chi connectivity index (χ4v) is 3.11. The molecule has 5 heteroatoms. The minimum atomic E-state index is 0.0545. The first-order valence-corrected chi connectivity index (χ1v) is 7.55. The first-order valence-electron chi connectivity index (χ1n) is 7.55. The summed E-state index contributed by atoms with van der Waals surface area (Å²) in [7, 11) is 5.44. The predicted molar refractivity (Wildman–Crippen MR) is 85.3 cm³/mol. The van der Waals surface area contributed by atoms with Crippen LogP contribution in [0, 0.1) is 0 Å². The zero-order valence-electron chi connectivity index (χ0n) is 13.2. The van der Waals surface area contributed by atoms with Crippen molar-refractivity contribution in [2.75, 3.05) is 26.5 Å².